The maximum atomic E-state index is 13.5. The molecule has 2 rings (SSSR count). The first kappa shape index (κ1) is 18.6. The first-order valence-corrected chi connectivity index (χ1v) is 8.36. The number of hydrogen-bond acceptors (Lipinski definition) is 3. The van der Waals surface area contributed by atoms with Gasteiger partial charge in [-0.3, -0.25) is 9.59 Å². The van der Waals surface area contributed by atoms with Crippen LogP contribution in [-0.4, -0.2) is 18.3 Å². The third-order valence-corrected chi connectivity index (χ3v) is 3.66. The Morgan fingerprint density at radius 2 is 1.76 bits per heavy atom. The Bertz CT molecular complexity index is 713. The van der Waals surface area contributed by atoms with Crippen LogP contribution in [0.4, 0.5) is 4.39 Å². The number of ketones is 1. The Balaban J connectivity index is 1.77. The van der Waals surface area contributed by atoms with Gasteiger partial charge in [0.2, 0.25) is 5.91 Å². The van der Waals surface area contributed by atoms with Crippen molar-refractivity contribution in [2.45, 2.75) is 32.7 Å². The first-order valence-electron chi connectivity index (χ1n) is 8.36. The highest BCUT2D eigenvalue weighted by atomic mass is 19.1. The van der Waals surface area contributed by atoms with E-state index < -0.39 is 0 Å². The molecule has 0 aliphatic rings. The van der Waals surface area contributed by atoms with E-state index in [-0.39, 0.29) is 36.9 Å². The molecule has 5 heteroatoms. The normalized spacial score (nSPS) is 10.3. The molecule has 0 fully saturated rings. The van der Waals surface area contributed by atoms with Gasteiger partial charge in [-0.05, 0) is 36.8 Å². The van der Waals surface area contributed by atoms with Crippen LogP contribution in [0.3, 0.4) is 0 Å². The summed E-state index contributed by atoms with van der Waals surface area (Å²) in [6.07, 6.45) is 1.10. The van der Waals surface area contributed by atoms with Gasteiger partial charge in [0.15, 0.2) is 5.78 Å². The molecule has 2 aromatic rings. The van der Waals surface area contributed by atoms with Crippen molar-refractivity contribution in [1.82, 2.24) is 5.32 Å². The molecule has 0 saturated heterocycles. The summed E-state index contributed by atoms with van der Waals surface area (Å²) in [5, 5.41) is 2.63. The molecule has 0 aromatic heterocycles. The molecule has 1 amide bonds. The molecule has 132 valence electrons. The molecule has 0 heterocycles. The summed E-state index contributed by atoms with van der Waals surface area (Å²) in [6.45, 7) is 2.77. The predicted octanol–water partition coefficient (Wildman–Crippen LogP) is 3.89. The first-order chi connectivity index (χ1) is 12.1. The maximum absolute atomic E-state index is 13.5. The van der Waals surface area contributed by atoms with Crippen LogP contribution < -0.4 is 10.1 Å². The molecule has 4 nitrogen and oxygen atoms in total. The molecule has 0 bridgehead atoms. The Morgan fingerprint density at radius 3 is 2.44 bits per heavy atom. The van der Waals surface area contributed by atoms with Crippen molar-refractivity contribution in [2.75, 3.05) is 6.61 Å². The van der Waals surface area contributed by atoms with Crippen LogP contribution in [0.25, 0.3) is 0 Å². The lowest BCUT2D eigenvalue weighted by Gasteiger charge is -2.07. The summed E-state index contributed by atoms with van der Waals surface area (Å²) in [5.41, 5.74) is 0.968. The van der Waals surface area contributed by atoms with E-state index in [0.29, 0.717) is 17.7 Å². The van der Waals surface area contributed by atoms with E-state index in [2.05, 4.69) is 5.32 Å². The summed E-state index contributed by atoms with van der Waals surface area (Å²) in [6, 6.07) is 13.2. The van der Waals surface area contributed by atoms with Crippen molar-refractivity contribution in [3.63, 3.8) is 0 Å². The zero-order valence-electron chi connectivity index (χ0n) is 14.3. The number of benzene rings is 2. The van der Waals surface area contributed by atoms with Crippen molar-refractivity contribution in [2.24, 2.45) is 0 Å². The summed E-state index contributed by atoms with van der Waals surface area (Å²) < 4.78 is 18.9. The Kier molecular flexibility index (Phi) is 7.14. The van der Waals surface area contributed by atoms with Gasteiger partial charge in [-0.25, -0.2) is 4.39 Å². The van der Waals surface area contributed by atoms with E-state index in [0.717, 1.165) is 12.2 Å². The fourth-order valence-electron chi connectivity index (χ4n) is 2.25. The molecule has 1 N–H and O–H groups in total. The lowest BCUT2D eigenvalue weighted by Crippen LogP contribution is -2.23. The van der Waals surface area contributed by atoms with E-state index in [1.807, 2.05) is 6.92 Å². The van der Waals surface area contributed by atoms with E-state index in [9.17, 15) is 14.0 Å². The molecule has 0 aliphatic carbocycles. The van der Waals surface area contributed by atoms with Crippen LogP contribution in [0, 0.1) is 5.82 Å². The maximum Gasteiger partial charge on any atom is 0.220 e. The van der Waals surface area contributed by atoms with Crippen molar-refractivity contribution in [3.8, 4) is 5.75 Å². The number of ether oxygens (including phenoxy) is 1. The minimum atomic E-state index is -0.357. The molecule has 2 aromatic carbocycles. The average Bonchev–Trinajstić information content (AvgIpc) is 2.64. The third kappa shape index (κ3) is 6.03. The molecule has 0 aliphatic heterocycles. The molecule has 0 unspecified atom stereocenters. The Morgan fingerprint density at radius 1 is 1.04 bits per heavy atom. The van der Waals surface area contributed by atoms with Crippen LogP contribution in [0.5, 0.6) is 5.75 Å². The Hall–Kier alpha value is -2.69. The third-order valence-electron chi connectivity index (χ3n) is 3.66. The second-order valence-corrected chi connectivity index (χ2v) is 5.66. The lowest BCUT2D eigenvalue weighted by atomic mass is 10.1. The summed E-state index contributed by atoms with van der Waals surface area (Å²) in [5.74, 6) is -0.0205. The van der Waals surface area contributed by atoms with Crippen LogP contribution in [0.1, 0.15) is 42.1 Å². The molecular formula is C20H22FNO3. The highest BCUT2D eigenvalue weighted by Gasteiger charge is 2.10. The number of carbonyl (C=O) groups is 2. The SMILES string of the molecule is CCCOc1ccc(C(=O)CCC(=O)NCc2ccccc2F)cc1. The van der Waals surface area contributed by atoms with Gasteiger partial charge in [-0.15, -0.1) is 0 Å². The molecule has 25 heavy (non-hydrogen) atoms. The van der Waals surface area contributed by atoms with E-state index in [4.69, 9.17) is 4.74 Å². The number of halogens is 1. The highest BCUT2D eigenvalue weighted by Crippen LogP contribution is 2.14. The van der Waals surface area contributed by atoms with Crippen LogP contribution in [-0.2, 0) is 11.3 Å². The Labute approximate surface area is 147 Å². The van der Waals surface area contributed by atoms with Gasteiger partial charge in [0.1, 0.15) is 11.6 Å². The van der Waals surface area contributed by atoms with Crippen LogP contribution in [0.15, 0.2) is 48.5 Å². The summed E-state index contributed by atoms with van der Waals surface area (Å²) in [4.78, 5) is 24.0. The van der Waals surface area contributed by atoms with E-state index in [1.165, 1.54) is 6.07 Å². The van der Waals surface area contributed by atoms with Crippen molar-refractivity contribution in [1.29, 1.82) is 0 Å². The molecular weight excluding hydrogens is 321 g/mol. The highest BCUT2D eigenvalue weighted by molar-refractivity contribution is 5.98. The van der Waals surface area contributed by atoms with E-state index in [1.54, 1.807) is 42.5 Å². The van der Waals surface area contributed by atoms with Crippen LogP contribution >= 0.6 is 0 Å². The fourth-order valence-corrected chi connectivity index (χ4v) is 2.25. The number of amides is 1. The van der Waals surface area contributed by atoms with Gasteiger partial charge >= 0.3 is 0 Å². The minimum absolute atomic E-state index is 0.0708. The predicted molar refractivity (Wildman–Crippen MR) is 94.0 cm³/mol. The molecule has 0 radical (unpaired) electrons. The van der Waals surface area contributed by atoms with Gasteiger partial charge < -0.3 is 10.1 Å². The molecule has 0 spiro atoms. The van der Waals surface area contributed by atoms with Gasteiger partial charge in [0, 0.05) is 30.5 Å². The largest absolute Gasteiger partial charge is 0.494 e. The van der Waals surface area contributed by atoms with Crippen molar-refractivity contribution in [3.05, 3.63) is 65.5 Å². The zero-order valence-corrected chi connectivity index (χ0v) is 14.3. The summed E-state index contributed by atoms with van der Waals surface area (Å²) >= 11 is 0. The van der Waals surface area contributed by atoms with Crippen LogP contribution in [0.2, 0.25) is 0 Å². The number of hydrogen-bond donors (Lipinski definition) is 1. The minimum Gasteiger partial charge on any atom is -0.494 e. The van der Waals surface area contributed by atoms with E-state index >= 15 is 0 Å². The molecule has 0 saturated carbocycles. The fraction of sp³-hybridized carbons (Fsp3) is 0.300. The zero-order chi connectivity index (χ0) is 18.1. The van der Waals surface area contributed by atoms with Gasteiger partial charge in [0.25, 0.3) is 0 Å². The van der Waals surface area contributed by atoms with Gasteiger partial charge in [0.05, 0.1) is 6.61 Å². The monoisotopic (exact) mass is 343 g/mol. The standard InChI is InChI=1S/C20H22FNO3/c1-2-13-25-17-9-7-15(8-10-17)19(23)11-12-20(24)22-14-16-5-3-4-6-18(16)21/h3-10H,2,11-14H2,1H3,(H,22,24). The quantitative estimate of drug-likeness (QED) is 0.703. The number of nitrogens with one attached hydrogen (secondary N) is 1. The lowest BCUT2D eigenvalue weighted by molar-refractivity contribution is -0.121. The van der Waals surface area contributed by atoms with Crippen molar-refractivity contribution < 1.29 is 18.7 Å². The number of Topliss-reactive ketones (excluding diaryl/α,β-unsaturated/α-hetero) is 1. The second kappa shape index (κ2) is 9.57. The van der Waals surface area contributed by atoms with Gasteiger partial charge in [-0.1, -0.05) is 25.1 Å². The smallest absolute Gasteiger partial charge is 0.220 e. The second-order valence-electron chi connectivity index (χ2n) is 5.66. The summed E-state index contributed by atoms with van der Waals surface area (Å²) in [7, 11) is 0. The number of rotatable bonds is 9. The average molecular weight is 343 g/mol. The molecule has 0 atom stereocenters. The van der Waals surface area contributed by atoms with Crippen molar-refractivity contribution >= 4 is 11.7 Å². The number of carbonyl (C=O) groups excluding carboxylic acids is 2. The van der Waals surface area contributed by atoms with Gasteiger partial charge in [-0.2, -0.15) is 0 Å². The topological polar surface area (TPSA) is 55.4 Å².